The molecule has 3 saturated heterocycles. The molecule has 1 aromatic carbocycles. The predicted molar refractivity (Wildman–Crippen MR) is 92.8 cm³/mol. The first-order chi connectivity index (χ1) is 12.1. The van der Waals surface area contributed by atoms with Crippen LogP contribution in [0.3, 0.4) is 0 Å². The summed E-state index contributed by atoms with van der Waals surface area (Å²) in [6.07, 6.45) is 4.16. The minimum absolute atomic E-state index is 0.0240. The van der Waals surface area contributed by atoms with E-state index in [0.717, 1.165) is 13.1 Å². The van der Waals surface area contributed by atoms with Crippen LogP contribution in [0.1, 0.15) is 35.9 Å². The second-order valence-corrected chi connectivity index (χ2v) is 6.98. The van der Waals surface area contributed by atoms with Crippen LogP contribution in [0, 0.1) is 12.8 Å². The molecule has 5 rings (SSSR count). The molecule has 0 spiro atoms. The molecule has 0 aliphatic carbocycles. The Morgan fingerprint density at radius 2 is 2.00 bits per heavy atom. The number of fused-ring (bicyclic) bond motifs is 3. The first-order valence-corrected chi connectivity index (χ1v) is 8.85. The van der Waals surface area contributed by atoms with Crippen LogP contribution in [0.5, 0.6) is 11.8 Å². The molecule has 1 amide bonds. The average molecular weight is 341 g/mol. The van der Waals surface area contributed by atoms with Crippen LogP contribution in [0.4, 0.5) is 0 Å². The molecule has 3 aliphatic rings. The number of nitrogens with one attached hydrogen (secondary N) is 1. The normalized spacial score (nSPS) is 27.9. The summed E-state index contributed by atoms with van der Waals surface area (Å²) in [7, 11) is 0. The third-order valence-corrected chi connectivity index (χ3v) is 5.40. The van der Waals surface area contributed by atoms with Gasteiger partial charge < -0.3 is 14.5 Å². The van der Waals surface area contributed by atoms with E-state index in [4.69, 9.17) is 9.15 Å². The van der Waals surface area contributed by atoms with E-state index in [0.29, 0.717) is 29.0 Å². The summed E-state index contributed by atoms with van der Waals surface area (Å²) in [6, 6.07) is 7.70. The molecular weight excluding hydrogens is 318 g/mol. The highest BCUT2D eigenvalue weighted by molar-refractivity contribution is 5.94. The summed E-state index contributed by atoms with van der Waals surface area (Å²) in [5.74, 6) is 1.86. The lowest BCUT2D eigenvalue weighted by atomic mass is 9.79. The molecule has 0 saturated carbocycles. The molecule has 2 aromatic rings. The van der Waals surface area contributed by atoms with Gasteiger partial charge in [-0.25, -0.2) is 0 Å². The van der Waals surface area contributed by atoms with Gasteiger partial charge in [0.15, 0.2) is 0 Å². The van der Waals surface area contributed by atoms with Crippen molar-refractivity contribution < 1.29 is 13.9 Å². The van der Waals surface area contributed by atoms with E-state index in [2.05, 4.69) is 22.1 Å². The lowest BCUT2D eigenvalue weighted by Gasteiger charge is -2.49. The van der Waals surface area contributed by atoms with E-state index in [9.17, 15) is 4.79 Å². The molecule has 4 heterocycles. The maximum absolute atomic E-state index is 12.6. The van der Waals surface area contributed by atoms with Gasteiger partial charge in [-0.2, -0.15) is 4.98 Å². The summed E-state index contributed by atoms with van der Waals surface area (Å²) in [5.41, 5.74) is 0.639. The minimum Gasteiger partial charge on any atom is -0.414 e. The van der Waals surface area contributed by atoms with Gasteiger partial charge >= 0.3 is 6.08 Å². The number of nitrogens with zero attached hydrogens (tertiary/aromatic N) is 2. The van der Waals surface area contributed by atoms with E-state index in [1.807, 2.05) is 6.92 Å². The number of amides is 1. The topological polar surface area (TPSA) is 67.6 Å². The first-order valence-electron chi connectivity index (χ1n) is 8.85. The number of rotatable bonds is 4. The van der Waals surface area contributed by atoms with E-state index in [-0.39, 0.29) is 18.0 Å². The van der Waals surface area contributed by atoms with Crippen molar-refractivity contribution in [2.45, 2.75) is 38.8 Å². The summed E-state index contributed by atoms with van der Waals surface area (Å²) < 4.78 is 10.8. The van der Waals surface area contributed by atoms with Gasteiger partial charge in [0.25, 0.3) is 5.91 Å². The number of piperidine rings is 3. The van der Waals surface area contributed by atoms with Gasteiger partial charge in [0.1, 0.15) is 11.5 Å². The van der Waals surface area contributed by atoms with Crippen molar-refractivity contribution in [3.63, 3.8) is 0 Å². The van der Waals surface area contributed by atoms with E-state index < -0.39 is 0 Å². The molecule has 0 unspecified atom stereocenters. The minimum atomic E-state index is -0.0240. The van der Waals surface area contributed by atoms with E-state index >= 15 is 0 Å². The van der Waals surface area contributed by atoms with Crippen LogP contribution in [-0.4, -0.2) is 41.0 Å². The average Bonchev–Trinajstić information content (AvgIpc) is 3.04. The van der Waals surface area contributed by atoms with Gasteiger partial charge in [-0.15, -0.1) is 0 Å². The number of carbonyl (C=O) groups is 1. The molecule has 132 valence electrons. The van der Waals surface area contributed by atoms with Crippen LogP contribution in [0.25, 0.3) is 0 Å². The van der Waals surface area contributed by atoms with Crippen molar-refractivity contribution in [2.24, 2.45) is 5.92 Å². The molecule has 3 aliphatic heterocycles. The number of hydrogen-bond acceptors (Lipinski definition) is 5. The zero-order valence-electron chi connectivity index (χ0n) is 14.6. The largest absolute Gasteiger partial charge is 0.414 e. The highest BCUT2D eigenvalue weighted by Crippen LogP contribution is 2.32. The lowest BCUT2D eigenvalue weighted by molar-refractivity contribution is 0.0217. The zero-order valence-corrected chi connectivity index (χ0v) is 14.6. The molecule has 0 radical (unpaired) electrons. The molecule has 1 N–H and O–H groups in total. The Hall–Kier alpha value is -2.34. The van der Waals surface area contributed by atoms with Gasteiger partial charge in [-0.05, 0) is 70.0 Å². The van der Waals surface area contributed by atoms with Crippen LogP contribution in [-0.2, 0) is 0 Å². The fourth-order valence-electron chi connectivity index (χ4n) is 3.94. The predicted octanol–water partition coefficient (Wildman–Crippen LogP) is 2.99. The van der Waals surface area contributed by atoms with Crippen molar-refractivity contribution in [3.8, 4) is 11.8 Å². The molecule has 25 heavy (non-hydrogen) atoms. The maximum atomic E-state index is 12.6. The van der Waals surface area contributed by atoms with Gasteiger partial charge in [0, 0.05) is 17.6 Å². The Kier molecular flexibility index (Phi) is 4.21. The number of carbonyl (C=O) groups excluding carboxylic acids is 1. The van der Waals surface area contributed by atoms with Gasteiger partial charge in [-0.3, -0.25) is 9.69 Å². The van der Waals surface area contributed by atoms with Crippen LogP contribution >= 0.6 is 0 Å². The highest BCUT2D eigenvalue weighted by atomic mass is 16.6. The fraction of sp³-hybridized carbons (Fsp3) is 0.474. The second-order valence-electron chi connectivity index (χ2n) is 6.98. The number of oxazole rings is 1. The van der Waals surface area contributed by atoms with Crippen molar-refractivity contribution in [1.82, 2.24) is 15.2 Å². The molecule has 2 atom stereocenters. The van der Waals surface area contributed by atoms with Crippen LogP contribution in [0.2, 0.25) is 0 Å². The number of hydrogen-bond donors (Lipinski definition) is 1. The molecular formula is C19H23N3O3. The zero-order chi connectivity index (χ0) is 17.4. The maximum Gasteiger partial charge on any atom is 0.399 e. The van der Waals surface area contributed by atoms with Gasteiger partial charge in [0.05, 0.1) is 6.20 Å². The molecule has 6 heteroatoms. The summed E-state index contributed by atoms with van der Waals surface area (Å²) >= 11 is 0. The van der Waals surface area contributed by atoms with Crippen molar-refractivity contribution in [2.75, 3.05) is 13.1 Å². The SMILES string of the molecule is Cc1cnc(Oc2ccc(C(=O)N[C@@H]3C4CCN(CC4)[C@H]3C)cc2)o1. The first kappa shape index (κ1) is 16.1. The number of ether oxygens (including phenoxy) is 1. The number of aryl methyl sites for hydroxylation is 1. The Bertz CT molecular complexity index is 746. The smallest absolute Gasteiger partial charge is 0.399 e. The Labute approximate surface area is 147 Å². The third-order valence-electron chi connectivity index (χ3n) is 5.40. The molecule has 3 fully saturated rings. The Morgan fingerprint density at radius 3 is 2.60 bits per heavy atom. The highest BCUT2D eigenvalue weighted by Gasteiger charge is 2.40. The number of aromatic nitrogens is 1. The Balaban J connectivity index is 1.40. The third kappa shape index (κ3) is 3.26. The van der Waals surface area contributed by atoms with E-state index in [1.54, 1.807) is 30.5 Å². The summed E-state index contributed by atoms with van der Waals surface area (Å²) in [6.45, 7) is 6.34. The Morgan fingerprint density at radius 1 is 1.28 bits per heavy atom. The second kappa shape index (κ2) is 6.52. The quantitative estimate of drug-likeness (QED) is 0.926. The van der Waals surface area contributed by atoms with Crippen LogP contribution < -0.4 is 10.1 Å². The van der Waals surface area contributed by atoms with Crippen molar-refractivity contribution in [1.29, 1.82) is 0 Å². The molecule has 6 nitrogen and oxygen atoms in total. The monoisotopic (exact) mass is 341 g/mol. The molecule has 1 aromatic heterocycles. The van der Waals surface area contributed by atoms with Gasteiger partial charge in [-0.1, -0.05) is 0 Å². The molecule has 2 bridgehead atoms. The van der Waals surface area contributed by atoms with Gasteiger partial charge in [0.2, 0.25) is 0 Å². The van der Waals surface area contributed by atoms with Crippen molar-refractivity contribution in [3.05, 3.63) is 41.8 Å². The van der Waals surface area contributed by atoms with Crippen molar-refractivity contribution >= 4 is 5.91 Å². The standard InChI is InChI=1S/C19H23N3O3/c1-12-11-20-19(24-12)25-16-5-3-15(4-6-16)18(23)21-17-13(2)22-9-7-14(17)8-10-22/h3-6,11,13-14,17H,7-10H2,1-2H3,(H,21,23)/t13-,17-/m0/s1. The summed E-state index contributed by atoms with van der Waals surface area (Å²) in [5, 5.41) is 3.24. The van der Waals surface area contributed by atoms with E-state index in [1.165, 1.54) is 12.8 Å². The summed E-state index contributed by atoms with van der Waals surface area (Å²) in [4.78, 5) is 19.1. The van der Waals surface area contributed by atoms with Crippen LogP contribution in [0.15, 0.2) is 34.9 Å². The number of benzene rings is 1. The fourth-order valence-corrected chi connectivity index (χ4v) is 3.94. The lowest BCUT2D eigenvalue weighted by Crippen LogP contribution is -2.62.